The molecule has 2 atom stereocenters. The Morgan fingerprint density at radius 3 is 1.22 bits per heavy atom. The first kappa shape index (κ1) is 52.1. The van der Waals surface area contributed by atoms with Gasteiger partial charge in [-0.1, -0.05) is 229 Å². The molecule has 4 nitrogen and oxygen atoms in total. The summed E-state index contributed by atoms with van der Waals surface area (Å²) in [7, 11) is 0. The van der Waals surface area contributed by atoms with Crippen LogP contribution >= 0.6 is 0 Å². The highest BCUT2D eigenvalue weighted by molar-refractivity contribution is 5.76. The molecule has 314 valence electrons. The standard InChI is InChI=1S/C50H91NO3/c1-3-5-7-9-11-13-15-17-19-20-21-22-23-24-25-26-27-28-29-30-32-34-36-38-40-42-44-46-50(54)51-48(47-52)49(53)45-43-41-39-37-35-33-31-18-16-14-12-10-8-6-4-2/h5,7,11,13,17,19,21-22,43,45,48-49,52-53H,3-4,6,8-10,12,14-16,18,20,23-42,44,46-47H2,1-2H3,(H,51,54)/b7-5-,13-11-,19-17-,22-21-,45-43+. The lowest BCUT2D eigenvalue weighted by Gasteiger charge is -2.20. The zero-order chi connectivity index (χ0) is 39.3. The lowest BCUT2D eigenvalue weighted by Crippen LogP contribution is -2.45. The second-order valence-corrected chi connectivity index (χ2v) is 15.8. The van der Waals surface area contributed by atoms with Gasteiger partial charge in [-0.2, -0.15) is 0 Å². The second-order valence-electron chi connectivity index (χ2n) is 15.8. The second kappa shape index (κ2) is 45.5. The van der Waals surface area contributed by atoms with Gasteiger partial charge in [0.1, 0.15) is 0 Å². The van der Waals surface area contributed by atoms with E-state index in [1.54, 1.807) is 6.08 Å². The predicted octanol–water partition coefficient (Wildman–Crippen LogP) is 14.9. The molecule has 0 saturated carbocycles. The Bertz CT molecular complexity index is 904. The van der Waals surface area contributed by atoms with Gasteiger partial charge in [-0.25, -0.2) is 0 Å². The van der Waals surface area contributed by atoms with Gasteiger partial charge in [-0.05, 0) is 57.8 Å². The van der Waals surface area contributed by atoms with E-state index in [1.807, 2.05) is 6.08 Å². The van der Waals surface area contributed by atoms with E-state index in [9.17, 15) is 15.0 Å². The minimum atomic E-state index is -0.840. The van der Waals surface area contributed by atoms with Crippen LogP contribution in [0.3, 0.4) is 0 Å². The van der Waals surface area contributed by atoms with E-state index in [1.165, 1.54) is 161 Å². The number of unbranched alkanes of at least 4 members (excludes halogenated alkanes) is 27. The SMILES string of the molecule is CC/C=C\C/C=C\C/C=C\C/C=C\CCCCCCCCCCCCCCCCC(=O)NC(CO)C(O)/C=C/CCCCCCCCCCCCCCC. The van der Waals surface area contributed by atoms with Crippen LogP contribution in [0.1, 0.15) is 232 Å². The number of allylic oxidation sites excluding steroid dienone is 9. The molecule has 0 aromatic heterocycles. The Kier molecular flexibility index (Phi) is 43.9. The molecule has 0 radical (unpaired) electrons. The van der Waals surface area contributed by atoms with Crippen molar-refractivity contribution in [3.8, 4) is 0 Å². The summed E-state index contributed by atoms with van der Waals surface area (Å²) >= 11 is 0. The molecule has 0 rings (SSSR count). The van der Waals surface area contributed by atoms with Crippen LogP contribution in [0.2, 0.25) is 0 Å². The third kappa shape index (κ3) is 41.3. The number of aliphatic hydroxyl groups is 2. The van der Waals surface area contributed by atoms with Crippen LogP contribution in [0.15, 0.2) is 60.8 Å². The molecule has 3 N–H and O–H groups in total. The summed E-state index contributed by atoms with van der Waals surface area (Å²) in [4.78, 5) is 12.4. The van der Waals surface area contributed by atoms with Gasteiger partial charge >= 0.3 is 0 Å². The summed E-state index contributed by atoms with van der Waals surface area (Å²) in [5.41, 5.74) is 0. The highest BCUT2D eigenvalue weighted by Gasteiger charge is 2.17. The predicted molar refractivity (Wildman–Crippen MR) is 239 cm³/mol. The normalized spacial score (nSPS) is 13.5. The number of carbonyl (C=O) groups is 1. The summed E-state index contributed by atoms with van der Waals surface area (Å²) < 4.78 is 0. The lowest BCUT2D eigenvalue weighted by atomic mass is 10.0. The molecule has 0 spiro atoms. The molecule has 0 heterocycles. The fraction of sp³-hybridized carbons (Fsp3) is 0.780. The van der Waals surface area contributed by atoms with Crippen LogP contribution in [0.25, 0.3) is 0 Å². The highest BCUT2D eigenvalue weighted by Crippen LogP contribution is 2.15. The molecule has 0 fully saturated rings. The number of amides is 1. The van der Waals surface area contributed by atoms with Gasteiger partial charge < -0.3 is 15.5 Å². The molecule has 54 heavy (non-hydrogen) atoms. The van der Waals surface area contributed by atoms with Crippen molar-refractivity contribution in [2.45, 2.75) is 244 Å². The monoisotopic (exact) mass is 754 g/mol. The minimum absolute atomic E-state index is 0.0659. The number of rotatable bonds is 42. The van der Waals surface area contributed by atoms with Crippen molar-refractivity contribution in [1.82, 2.24) is 5.32 Å². The van der Waals surface area contributed by atoms with E-state index in [-0.39, 0.29) is 12.5 Å². The van der Waals surface area contributed by atoms with Crippen LogP contribution < -0.4 is 5.32 Å². The van der Waals surface area contributed by atoms with Crippen LogP contribution in [0, 0.1) is 0 Å². The largest absolute Gasteiger partial charge is 0.394 e. The Balaban J connectivity index is 3.53. The topological polar surface area (TPSA) is 69.6 Å². The molecule has 0 bridgehead atoms. The number of hydrogen-bond acceptors (Lipinski definition) is 3. The number of hydrogen-bond donors (Lipinski definition) is 3. The molecule has 0 aliphatic carbocycles. The Labute approximate surface area is 336 Å². The Hall–Kier alpha value is -1.91. The van der Waals surface area contributed by atoms with E-state index in [0.29, 0.717) is 6.42 Å². The minimum Gasteiger partial charge on any atom is -0.394 e. The quantitative estimate of drug-likeness (QED) is 0.0429. The fourth-order valence-electron chi connectivity index (χ4n) is 6.93. The first-order valence-corrected chi connectivity index (χ1v) is 23.5. The van der Waals surface area contributed by atoms with Gasteiger partial charge in [0.2, 0.25) is 5.91 Å². The van der Waals surface area contributed by atoms with Crippen molar-refractivity contribution in [3.63, 3.8) is 0 Å². The summed E-state index contributed by atoms with van der Waals surface area (Å²) in [5, 5.41) is 23.0. The summed E-state index contributed by atoms with van der Waals surface area (Å²) in [6, 6.07) is -0.623. The van der Waals surface area contributed by atoms with E-state index in [0.717, 1.165) is 51.4 Å². The van der Waals surface area contributed by atoms with Crippen molar-refractivity contribution in [1.29, 1.82) is 0 Å². The average Bonchev–Trinajstić information content (AvgIpc) is 3.18. The summed E-state index contributed by atoms with van der Waals surface area (Å²) in [6.45, 7) is 4.20. The van der Waals surface area contributed by atoms with E-state index in [2.05, 4.69) is 67.8 Å². The van der Waals surface area contributed by atoms with Crippen LogP contribution in [-0.2, 0) is 4.79 Å². The molecule has 2 unspecified atom stereocenters. The summed E-state index contributed by atoms with van der Waals surface area (Å²) in [6.07, 6.45) is 63.4. The first-order valence-electron chi connectivity index (χ1n) is 23.5. The molecule has 0 aromatic rings. The maximum atomic E-state index is 12.4. The first-order chi connectivity index (χ1) is 26.7. The van der Waals surface area contributed by atoms with Crippen LogP contribution in [0.5, 0.6) is 0 Å². The fourth-order valence-corrected chi connectivity index (χ4v) is 6.93. The Morgan fingerprint density at radius 2 is 0.815 bits per heavy atom. The maximum absolute atomic E-state index is 12.4. The zero-order valence-electron chi connectivity index (χ0n) is 36.0. The van der Waals surface area contributed by atoms with Crippen LogP contribution in [0.4, 0.5) is 0 Å². The van der Waals surface area contributed by atoms with Crippen molar-refractivity contribution < 1.29 is 15.0 Å². The van der Waals surface area contributed by atoms with E-state index >= 15 is 0 Å². The van der Waals surface area contributed by atoms with Crippen molar-refractivity contribution in [3.05, 3.63) is 60.8 Å². The molecule has 0 saturated heterocycles. The third-order valence-electron chi connectivity index (χ3n) is 10.5. The van der Waals surface area contributed by atoms with Crippen molar-refractivity contribution in [2.75, 3.05) is 6.61 Å². The van der Waals surface area contributed by atoms with Crippen LogP contribution in [-0.4, -0.2) is 34.9 Å². The van der Waals surface area contributed by atoms with Gasteiger partial charge in [0, 0.05) is 6.42 Å². The lowest BCUT2D eigenvalue weighted by molar-refractivity contribution is -0.123. The molecule has 4 heteroatoms. The molecular formula is C50H91NO3. The highest BCUT2D eigenvalue weighted by atomic mass is 16.3. The molecule has 1 amide bonds. The number of aliphatic hydroxyl groups excluding tert-OH is 2. The van der Waals surface area contributed by atoms with Gasteiger partial charge in [0.15, 0.2) is 0 Å². The van der Waals surface area contributed by atoms with E-state index in [4.69, 9.17) is 0 Å². The van der Waals surface area contributed by atoms with Gasteiger partial charge in [-0.3, -0.25) is 4.79 Å². The number of nitrogens with one attached hydrogen (secondary N) is 1. The third-order valence-corrected chi connectivity index (χ3v) is 10.5. The van der Waals surface area contributed by atoms with E-state index < -0.39 is 12.1 Å². The molecule has 0 aliphatic heterocycles. The van der Waals surface area contributed by atoms with Crippen molar-refractivity contribution >= 4 is 5.91 Å². The molecule has 0 aliphatic rings. The maximum Gasteiger partial charge on any atom is 0.220 e. The summed E-state index contributed by atoms with van der Waals surface area (Å²) in [5.74, 6) is -0.0659. The molecular weight excluding hydrogens is 663 g/mol. The van der Waals surface area contributed by atoms with Crippen molar-refractivity contribution in [2.24, 2.45) is 0 Å². The molecule has 0 aromatic carbocycles. The average molecular weight is 754 g/mol. The van der Waals surface area contributed by atoms with Gasteiger partial charge in [-0.15, -0.1) is 0 Å². The Morgan fingerprint density at radius 1 is 0.463 bits per heavy atom. The van der Waals surface area contributed by atoms with Gasteiger partial charge in [0.25, 0.3) is 0 Å². The number of carbonyl (C=O) groups excluding carboxylic acids is 1. The smallest absolute Gasteiger partial charge is 0.220 e. The van der Waals surface area contributed by atoms with Gasteiger partial charge in [0.05, 0.1) is 18.8 Å². The zero-order valence-corrected chi connectivity index (χ0v) is 36.0.